The van der Waals surface area contributed by atoms with Crippen molar-refractivity contribution in [3.8, 4) is 0 Å². The molecule has 1 amide bonds. The van der Waals surface area contributed by atoms with E-state index in [1.54, 1.807) is 0 Å². The zero-order valence-electron chi connectivity index (χ0n) is 11.7. The molecule has 1 aliphatic rings. The lowest BCUT2D eigenvalue weighted by Crippen LogP contribution is -2.38. The number of carbonyl (C=O) groups is 1. The van der Waals surface area contributed by atoms with Crippen LogP contribution in [0.3, 0.4) is 0 Å². The van der Waals surface area contributed by atoms with E-state index >= 15 is 0 Å². The van der Waals surface area contributed by atoms with E-state index in [9.17, 15) is 4.79 Å². The van der Waals surface area contributed by atoms with Gasteiger partial charge < -0.3 is 15.3 Å². The fourth-order valence-electron chi connectivity index (χ4n) is 2.42. The SMILES string of the molecule is CC(CNC(=O)CCCCO)CN1CCCCC1. The standard InChI is InChI=1S/C14H28N2O2/c1-13(12-16-8-4-2-5-9-16)11-15-14(18)7-3-6-10-17/h13,17H,2-12H2,1H3,(H,15,18). The normalized spacial score (nSPS) is 18.6. The van der Waals surface area contributed by atoms with Gasteiger partial charge in [-0.25, -0.2) is 0 Å². The third kappa shape index (κ3) is 6.97. The molecule has 0 saturated carbocycles. The number of aliphatic hydroxyl groups is 1. The van der Waals surface area contributed by atoms with Gasteiger partial charge in [-0.15, -0.1) is 0 Å². The molecule has 1 aliphatic heterocycles. The summed E-state index contributed by atoms with van der Waals surface area (Å²) < 4.78 is 0. The molecular weight excluding hydrogens is 228 g/mol. The van der Waals surface area contributed by atoms with Crippen molar-refractivity contribution in [2.45, 2.75) is 45.4 Å². The minimum absolute atomic E-state index is 0.119. The number of hydrogen-bond acceptors (Lipinski definition) is 3. The van der Waals surface area contributed by atoms with Crippen molar-refractivity contribution in [1.82, 2.24) is 10.2 Å². The van der Waals surface area contributed by atoms with Gasteiger partial charge in [0.05, 0.1) is 0 Å². The van der Waals surface area contributed by atoms with Crippen molar-refractivity contribution < 1.29 is 9.90 Å². The van der Waals surface area contributed by atoms with Crippen LogP contribution in [0.2, 0.25) is 0 Å². The van der Waals surface area contributed by atoms with Gasteiger partial charge in [0.15, 0.2) is 0 Å². The predicted molar refractivity (Wildman–Crippen MR) is 73.4 cm³/mol. The molecule has 106 valence electrons. The van der Waals surface area contributed by atoms with Gasteiger partial charge in [-0.1, -0.05) is 13.3 Å². The van der Waals surface area contributed by atoms with Crippen molar-refractivity contribution in [3.05, 3.63) is 0 Å². The summed E-state index contributed by atoms with van der Waals surface area (Å²) in [5.41, 5.74) is 0. The summed E-state index contributed by atoms with van der Waals surface area (Å²) in [5, 5.41) is 11.6. The summed E-state index contributed by atoms with van der Waals surface area (Å²) in [4.78, 5) is 14.0. The van der Waals surface area contributed by atoms with E-state index in [1.807, 2.05) is 0 Å². The second-order valence-corrected chi connectivity index (χ2v) is 5.45. The maximum atomic E-state index is 11.5. The van der Waals surface area contributed by atoms with Gasteiger partial charge >= 0.3 is 0 Å². The molecule has 0 aromatic carbocycles. The molecule has 1 fully saturated rings. The number of amides is 1. The van der Waals surface area contributed by atoms with E-state index in [1.165, 1.54) is 32.4 Å². The van der Waals surface area contributed by atoms with Crippen molar-refractivity contribution in [1.29, 1.82) is 0 Å². The largest absolute Gasteiger partial charge is 0.396 e. The van der Waals surface area contributed by atoms with Crippen LogP contribution in [0.15, 0.2) is 0 Å². The van der Waals surface area contributed by atoms with Crippen LogP contribution in [-0.2, 0) is 4.79 Å². The number of piperidine rings is 1. The predicted octanol–water partition coefficient (Wildman–Crippen LogP) is 1.39. The molecule has 18 heavy (non-hydrogen) atoms. The van der Waals surface area contributed by atoms with Gasteiger partial charge in [0.25, 0.3) is 0 Å². The third-order valence-corrected chi connectivity index (χ3v) is 3.48. The van der Waals surface area contributed by atoms with Gasteiger partial charge in [-0.2, -0.15) is 0 Å². The van der Waals surface area contributed by atoms with Crippen LogP contribution in [0.5, 0.6) is 0 Å². The van der Waals surface area contributed by atoms with Crippen molar-refractivity contribution in [2.24, 2.45) is 5.92 Å². The van der Waals surface area contributed by atoms with Crippen LogP contribution in [0, 0.1) is 5.92 Å². The maximum Gasteiger partial charge on any atom is 0.220 e. The van der Waals surface area contributed by atoms with Crippen LogP contribution >= 0.6 is 0 Å². The van der Waals surface area contributed by atoms with E-state index < -0.39 is 0 Å². The molecule has 1 unspecified atom stereocenters. The highest BCUT2D eigenvalue weighted by molar-refractivity contribution is 5.75. The first-order chi connectivity index (χ1) is 8.72. The summed E-state index contributed by atoms with van der Waals surface area (Å²) in [5.74, 6) is 0.638. The number of carbonyl (C=O) groups excluding carboxylic acids is 1. The first-order valence-electron chi connectivity index (χ1n) is 7.32. The number of hydrogen-bond donors (Lipinski definition) is 2. The summed E-state index contributed by atoms with van der Waals surface area (Å²) >= 11 is 0. The quantitative estimate of drug-likeness (QED) is 0.645. The van der Waals surface area contributed by atoms with Crippen LogP contribution in [0.4, 0.5) is 0 Å². The fraction of sp³-hybridized carbons (Fsp3) is 0.929. The molecule has 0 aromatic heterocycles. The average Bonchev–Trinajstić information content (AvgIpc) is 2.38. The molecule has 0 spiro atoms. The number of unbranched alkanes of at least 4 members (excludes halogenated alkanes) is 1. The van der Waals surface area contributed by atoms with Gasteiger partial charge in [0.2, 0.25) is 5.91 Å². The lowest BCUT2D eigenvalue weighted by atomic mass is 10.1. The summed E-state index contributed by atoms with van der Waals surface area (Å²) in [6.07, 6.45) is 6.05. The summed E-state index contributed by atoms with van der Waals surface area (Å²) in [6, 6.07) is 0. The maximum absolute atomic E-state index is 11.5. The van der Waals surface area contributed by atoms with Crippen molar-refractivity contribution in [3.63, 3.8) is 0 Å². The number of nitrogens with zero attached hydrogens (tertiary/aromatic N) is 1. The Morgan fingerprint density at radius 2 is 2.00 bits per heavy atom. The number of likely N-dealkylation sites (tertiary alicyclic amines) is 1. The fourth-order valence-corrected chi connectivity index (χ4v) is 2.42. The van der Waals surface area contributed by atoms with Crippen molar-refractivity contribution >= 4 is 5.91 Å². The smallest absolute Gasteiger partial charge is 0.220 e. The molecule has 0 aliphatic carbocycles. The highest BCUT2D eigenvalue weighted by atomic mass is 16.2. The van der Waals surface area contributed by atoms with Crippen LogP contribution in [0.1, 0.15) is 45.4 Å². The van der Waals surface area contributed by atoms with E-state index in [4.69, 9.17) is 5.11 Å². The molecule has 4 nitrogen and oxygen atoms in total. The second kappa shape index (κ2) is 9.34. The Hall–Kier alpha value is -0.610. The summed E-state index contributed by atoms with van der Waals surface area (Å²) in [6.45, 7) is 6.68. The highest BCUT2D eigenvalue weighted by Gasteiger charge is 2.13. The number of nitrogens with one attached hydrogen (secondary N) is 1. The molecule has 0 bridgehead atoms. The van der Waals surface area contributed by atoms with Gasteiger partial charge in [0.1, 0.15) is 0 Å². The minimum Gasteiger partial charge on any atom is -0.396 e. The zero-order valence-corrected chi connectivity index (χ0v) is 11.7. The zero-order chi connectivity index (χ0) is 13.2. The number of aliphatic hydroxyl groups excluding tert-OH is 1. The lowest BCUT2D eigenvalue weighted by molar-refractivity contribution is -0.121. The topological polar surface area (TPSA) is 52.6 Å². The summed E-state index contributed by atoms with van der Waals surface area (Å²) in [7, 11) is 0. The first-order valence-corrected chi connectivity index (χ1v) is 7.32. The van der Waals surface area contributed by atoms with Gasteiger partial charge in [-0.3, -0.25) is 4.79 Å². The Labute approximate surface area is 111 Å². The van der Waals surface area contributed by atoms with Crippen molar-refractivity contribution in [2.75, 3.05) is 32.8 Å². The van der Waals surface area contributed by atoms with Crippen LogP contribution < -0.4 is 5.32 Å². The Morgan fingerprint density at radius 1 is 1.28 bits per heavy atom. The molecule has 2 N–H and O–H groups in total. The molecule has 0 aromatic rings. The van der Waals surface area contributed by atoms with E-state index in [0.29, 0.717) is 12.3 Å². The molecule has 1 heterocycles. The van der Waals surface area contributed by atoms with Crippen LogP contribution in [-0.4, -0.2) is 48.7 Å². The molecule has 0 radical (unpaired) electrons. The van der Waals surface area contributed by atoms with Crippen LogP contribution in [0.25, 0.3) is 0 Å². The van der Waals surface area contributed by atoms with Gasteiger partial charge in [0, 0.05) is 26.1 Å². The molecule has 4 heteroatoms. The van der Waals surface area contributed by atoms with E-state index in [0.717, 1.165) is 25.9 Å². The minimum atomic E-state index is 0.119. The molecular formula is C14H28N2O2. The lowest BCUT2D eigenvalue weighted by Gasteiger charge is -2.29. The van der Waals surface area contributed by atoms with E-state index in [-0.39, 0.29) is 12.5 Å². The second-order valence-electron chi connectivity index (χ2n) is 5.45. The average molecular weight is 256 g/mol. The Morgan fingerprint density at radius 3 is 2.67 bits per heavy atom. The monoisotopic (exact) mass is 256 g/mol. The molecule has 1 saturated heterocycles. The Kier molecular flexibility index (Phi) is 8.01. The Balaban J connectivity index is 2.04. The Bertz CT molecular complexity index is 228. The van der Waals surface area contributed by atoms with E-state index in [2.05, 4.69) is 17.1 Å². The molecule has 1 rings (SSSR count). The molecule has 1 atom stereocenters. The first kappa shape index (κ1) is 15.4. The van der Waals surface area contributed by atoms with Gasteiger partial charge in [-0.05, 0) is 44.7 Å². The number of rotatable bonds is 8. The third-order valence-electron chi connectivity index (χ3n) is 3.48. The highest BCUT2D eigenvalue weighted by Crippen LogP contribution is 2.10.